The highest BCUT2D eigenvalue weighted by atomic mass is 16.5. The minimum atomic E-state index is 0.419. The first-order chi connectivity index (χ1) is 9.83. The second-order valence-corrected chi connectivity index (χ2v) is 3.93. The van der Waals surface area contributed by atoms with Gasteiger partial charge < -0.3 is 15.4 Å². The lowest BCUT2D eigenvalue weighted by Gasteiger charge is -2.08. The molecule has 2 N–H and O–H groups in total. The van der Waals surface area contributed by atoms with E-state index < -0.39 is 0 Å². The van der Waals surface area contributed by atoms with Gasteiger partial charge in [0.1, 0.15) is 12.7 Å². The molecule has 0 aliphatic rings. The number of hydrogen-bond donors (Lipinski definition) is 2. The smallest absolute Gasteiger partial charge is 0.258 e. The minimum absolute atomic E-state index is 0.419. The van der Waals surface area contributed by atoms with Gasteiger partial charge in [-0.05, 0) is 13.3 Å². The Hall–Kier alpha value is -2.29. The fourth-order valence-electron chi connectivity index (χ4n) is 1.51. The van der Waals surface area contributed by atoms with Gasteiger partial charge in [0.2, 0.25) is 11.9 Å². The number of methoxy groups -OCH3 is 1. The summed E-state index contributed by atoms with van der Waals surface area (Å²) in [4.78, 5) is 16.7. The molecule has 0 saturated heterocycles. The molecule has 2 heterocycles. The molecular weight excluding hydrogens is 260 g/mol. The Morgan fingerprint density at radius 1 is 1.20 bits per heavy atom. The van der Waals surface area contributed by atoms with Crippen LogP contribution >= 0.6 is 0 Å². The van der Waals surface area contributed by atoms with E-state index in [1.54, 1.807) is 13.4 Å². The van der Waals surface area contributed by atoms with Crippen LogP contribution in [0.2, 0.25) is 0 Å². The monoisotopic (exact) mass is 278 g/mol. The lowest BCUT2D eigenvalue weighted by Crippen LogP contribution is -2.14. The fourth-order valence-corrected chi connectivity index (χ4v) is 1.51. The molecule has 0 fully saturated rings. The highest BCUT2D eigenvalue weighted by molar-refractivity contribution is 5.37. The molecule has 2 aromatic rings. The third kappa shape index (κ3) is 3.85. The molecule has 0 unspecified atom stereocenters. The molecule has 2 rings (SSSR count). The van der Waals surface area contributed by atoms with Crippen LogP contribution in [0.15, 0.2) is 12.7 Å². The van der Waals surface area contributed by atoms with Crippen molar-refractivity contribution in [2.45, 2.75) is 13.3 Å². The van der Waals surface area contributed by atoms with E-state index >= 15 is 0 Å². The Balaban J connectivity index is 2.13. The Morgan fingerprint density at radius 2 is 2.00 bits per heavy atom. The molecule has 20 heavy (non-hydrogen) atoms. The molecule has 0 aliphatic carbocycles. The zero-order valence-corrected chi connectivity index (χ0v) is 11.6. The lowest BCUT2D eigenvalue weighted by molar-refractivity contribution is 0.197. The quantitative estimate of drug-likeness (QED) is 0.666. The van der Waals surface area contributed by atoms with Crippen molar-refractivity contribution in [3.05, 3.63) is 12.7 Å². The van der Waals surface area contributed by atoms with Crippen molar-refractivity contribution in [2.24, 2.45) is 0 Å². The van der Waals surface area contributed by atoms with Crippen LogP contribution < -0.4 is 10.6 Å². The van der Waals surface area contributed by atoms with Crippen molar-refractivity contribution in [1.29, 1.82) is 0 Å². The molecule has 0 aliphatic heterocycles. The van der Waals surface area contributed by atoms with Crippen LogP contribution in [0.1, 0.15) is 13.3 Å². The predicted octanol–water partition coefficient (Wildman–Crippen LogP) is 0.332. The molecule has 0 spiro atoms. The summed E-state index contributed by atoms with van der Waals surface area (Å²) in [5, 5.41) is 10.2. The summed E-state index contributed by atoms with van der Waals surface area (Å²) in [6, 6.07) is 0. The number of anilines is 2. The van der Waals surface area contributed by atoms with E-state index in [-0.39, 0.29) is 0 Å². The number of rotatable bonds is 8. The number of hydrogen-bond acceptors (Lipinski definition) is 8. The van der Waals surface area contributed by atoms with Crippen molar-refractivity contribution in [3.63, 3.8) is 0 Å². The highest BCUT2D eigenvalue weighted by Gasteiger charge is 2.08. The van der Waals surface area contributed by atoms with E-state index in [1.165, 1.54) is 11.0 Å². The summed E-state index contributed by atoms with van der Waals surface area (Å²) in [5.74, 6) is 1.42. The van der Waals surface area contributed by atoms with E-state index in [0.717, 1.165) is 19.5 Å². The predicted molar refractivity (Wildman–Crippen MR) is 73.9 cm³/mol. The molecule has 0 saturated carbocycles. The summed E-state index contributed by atoms with van der Waals surface area (Å²) in [6.45, 7) is 4.11. The van der Waals surface area contributed by atoms with E-state index in [9.17, 15) is 0 Å². The molecule has 0 amide bonds. The van der Waals surface area contributed by atoms with Crippen LogP contribution in [0.5, 0.6) is 0 Å². The molecule has 0 atom stereocenters. The maximum Gasteiger partial charge on any atom is 0.258 e. The topological polar surface area (TPSA) is 103 Å². The van der Waals surface area contributed by atoms with Crippen LogP contribution in [0.25, 0.3) is 5.95 Å². The standard InChI is InChI=1S/C11H18N8O/c1-3-13-9-16-10(14-5-4-6-20-2)18-11(17-9)19-8-12-7-15-19/h7-8H,3-6H2,1-2H3,(H2,13,14,16,17,18). The number of nitrogens with zero attached hydrogens (tertiary/aromatic N) is 6. The molecule has 0 radical (unpaired) electrons. The van der Waals surface area contributed by atoms with Crippen LogP contribution in [-0.4, -0.2) is 56.5 Å². The van der Waals surface area contributed by atoms with Crippen molar-refractivity contribution in [3.8, 4) is 5.95 Å². The van der Waals surface area contributed by atoms with Gasteiger partial charge in [0.05, 0.1) is 0 Å². The molecule has 2 aromatic heterocycles. The first-order valence-electron chi connectivity index (χ1n) is 6.41. The van der Waals surface area contributed by atoms with Crippen molar-refractivity contribution >= 4 is 11.9 Å². The third-order valence-electron chi connectivity index (χ3n) is 2.39. The number of nitrogens with one attached hydrogen (secondary N) is 2. The average Bonchev–Trinajstić information content (AvgIpc) is 2.98. The van der Waals surface area contributed by atoms with Gasteiger partial charge in [-0.1, -0.05) is 0 Å². The summed E-state index contributed by atoms with van der Waals surface area (Å²) in [5.41, 5.74) is 0. The van der Waals surface area contributed by atoms with E-state index in [1.807, 2.05) is 6.92 Å². The Kier molecular flexibility index (Phi) is 5.18. The largest absolute Gasteiger partial charge is 0.385 e. The SMILES string of the molecule is CCNc1nc(NCCCOC)nc(-n2cncn2)n1. The highest BCUT2D eigenvalue weighted by Crippen LogP contribution is 2.08. The van der Waals surface area contributed by atoms with Crippen LogP contribution in [-0.2, 0) is 4.74 Å². The van der Waals surface area contributed by atoms with E-state index in [4.69, 9.17) is 4.74 Å². The van der Waals surface area contributed by atoms with Gasteiger partial charge in [-0.3, -0.25) is 0 Å². The minimum Gasteiger partial charge on any atom is -0.385 e. The molecule has 0 bridgehead atoms. The van der Waals surface area contributed by atoms with Crippen LogP contribution in [0, 0.1) is 0 Å². The van der Waals surface area contributed by atoms with Crippen LogP contribution in [0.4, 0.5) is 11.9 Å². The Labute approximate surface area is 116 Å². The number of aromatic nitrogens is 6. The van der Waals surface area contributed by atoms with Gasteiger partial charge in [0, 0.05) is 26.8 Å². The molecule has 0 aromatic carbocycles. The molecular formula is C11H18N8O. The molecule has 9 nitrogen and oxygen atoms in total. The van der Waals surface area contributed by atoms with Gasteiger partial charge in [0.25, 0.3) is 5.95 Å². The van der Waals surface area contributed by atoms with Crippen molar-refractivity contribution < 1.29 is 4.74 Å². The summed E-state index contributed by atoms with van der Waals surface area (Å²) >= 11 is 0. The first-order valence-corrected chi connectivity index (χ1v) is 6.41. The first kappa shape index (κ1) is 14.1. The maximum absolute atomic E-state index is 5.00. The van der Waals surface area contributed by atoms with Gasteiger partial charge >= 0.3 is 0 Å². The van der Waals surface area contributed by atoms with E-state index in [0.29, 0.717) is 24.5 Å². The van der Waals surface area contributed by atoms with Gasteiger partial charge in [0.15, 0.2) is 0 Å². The number of ether oxygens (including phenoxy) is 1. The average molecular weight is 278 g/mol. The summed E-state index contributed by atoms with van der Waals surface area (Å²) in [6.07, 6.45) is 3.85. The van der Waals surface area contributed by atoms with Crippen molar-refractivity contribution in [2.75, 3.05) is 37.4 Å². The zero-order chi connectivity index (χ0) is 14.2. The van der Waals surface area contributed by atoms with Gasteiger partial charge in [-0.15, -0.1) is 0 Å². The normalized spacial score (nSPS) is 10.5. The zero-order valence-electron chi connectivity index (χ0n) is 11.6. The summed E-state index contributed by atoms with van der Waals surface area (Å²) < 4.78 is 6.49. The van der Waals surface area contributed by atoms with Crippen molar-refractivity contribution in [1.82, 2.24) is 29.7 Å². The Bertz CT molecular complexity index is 515. The fraction of sp³-hybridized carbons (Fsp3) is 0.545. The second kappa shape index (κ2) is 7.34. The van der Waals surface area contributed by atoms with E-state index in [2.05, 4.69) is 35.7 Å². The maximum atomic E-state index is 5.00. The lowest BCUT2D eigenvalue weighted by atomic mass is 10.4. The molecule has 108 valence electrons. The van der Waals surface area contributed by atoms with Gasteiger partial charge in [-0.25, -0.2) is 4.98 Å². The molecule has 9 heteroatoms. The van der Waals surface area contributed by atoms with Crippen LogP contribution in [0.3, 0.4) is 0 Å². The van der Waals surface area contributed by atoms with Gasteiger partial charge in [-0.2, -0.15) is 24.7 Å². The second-order valence-electron chi connectivity index (χ2n) is 3.93. The Morgan fingerprint density at radius 3 is 2.65 bits per heavy atom. The summed E-state index contributed by atoms with van der Waals surface area (Å²) in [7, 11) is 1.68. The third-order valence-corrected chi connectivity index (χ3v) is 2.39.